The topological polar surface area (TPSA) is 80.7 Å². The quantitative estimate of drug-likeness (QED) is 0.631. The molecule has 0 heterocycles. The lowest BCUT2D eigenvalue weighted by Gasteiger charge is -2.10. The van der Waals surface area contributed by atoms with E-state index in [1.165, 1.54) is 12.1 Å². The summed E-state index contributed by atoms with van der Waals surface area (Å²) < 4.78 is 27.6. The monoisotopic (exact) mass is 346 g/mol. The smallest absolute Gasteiger partial charge is 0.303 e. The van der Waals surface area contributed by atoms with Gasteiger partial charge in [-0.1, -0.05) is 23.2 Å². The standard InChI is InChI=1S/C10H9Cl3O5S/c11-9-6(18-5-1-2-8(14)15)3-4-7(10(9)12)19(13,16)17/h3-4H,1-2,5H2,(H,14,15). The number of carboxylic acid groups (broad SMARTS) is 1. The van der Waals surface area contributed by atoms with Crippen molar-refractivity contribution in [2.24, 2.45) is 0 Å². The van der Waals surface area contributed by atoms with Crippen molar-refractivity contribution >= 4 is 48.9 Å². The second-order valence-electron chi connectivity index (χ2n) is 3.47. The summed E-state index contributed by atoms with van der Waals surface area (Å²) in [5.74, 6) is -0.766. The Hall–Kier alpha value is -0.690. The molecule has 0 fully saturated rings. The Morgan fingerprint density at radius 2 is 1.89 bits per heavy atom. The highest BCUT2D eigenvalue weighted by molar-refractivity contribution is 8.13. The van der Waals surface area contributed by atoms with Crippen LogP contribution in [0.3, 0.4) is 0 Å². The molecule has 0 aliphatic rings. The lowest BCUT2D eigenvalue weighted by atomic mass is 10.3. The third-order valence-corrected chi connectivity index (χ3v) is 4.41. The molecule has 0 saturated carbocycles. The average Bonchev–Trinajstić information content (AvgIpc) is 2.27. The third kappa shape index (κ3) is 4.72. The Kier molecular flexibility index (Phi) is 5.73. The van der Waals surface area contributed by atoms with Crippen LogP contribution in [0, 0.1) is 0 Å². The van der Waals surface area contributed by atoms with Crippen LogP contribution in [-0.2, 0) is 13.8 Å². The van der Waals surface area contributed by atoms with E-state index >= 15 is 0 Å². The molecule has 106 valence electrons. The van der Waals surface area contributed by atoms with E-state index in [9.17, 15) is 13.2 Å². The van der Waals surface area contributed by atoms with Crippen LogP contribution in [0.1, 0.15) is 12.8 Å². The van der Waals surface area contributed by atoms with Gasteiger partial charge in [-0.25, -0.2) is 8.42 Å². The van der Waals surface area contributed by atoms with Gasteiger partial charge in [0.1, 0.15) is 15.7 Å². The molecule has 5 nitrogen and oxygen atoms in total. The molecule has 1 aromatic rings. The molecule has 0 aliphatic carbocycles. The number of hydrogen-bond donors (Lipinski definition) is 1. The Morgan fingerprint density at radius 1 is 1.26 bits per heavy atom. The SMILES string of the molecule is O=C(O)CCCOc1ccc(S(=O)(=O)Cl)c(Cl)c1Cl. The summed E-state index contributed by atoms with van der Waals surface area (Å²) in [4.78, 5) is 10.00. The van der Waals surface area contributed by atoms with Crippen molar-refractivity contribution in [1.82, 2.24) is 0 Å². The Labute approximate surface area is 124 Å². The lowest BCUT2D eigenvalue weighted by Crippen LogP contribution is -2.03. The van der Waals surface area contributed by atoms with Crippen molar-refractivity contribution in [2.75, 3.05) is 6.61 Å². The maximum atomic E-state index is 11.2. The van der Waals surface area contributed by atoms with E-state index in [1.807, 2.05) is 0 Å². The fraction of sp³-hybridized carbons (Fsp3) is 0.300. The molecule has 19 heavy (non-hydrogen) atoms. The number of carbonyl (C=O) groups is 1. The van der Waals surface area contributed by atoms with Crippen LogP contribution in [0.5, 0.6) is 5.75 Å². The van der Waals surface area contributed by atoms with Crippen molar-refractivity contribution in [1.29, 1.82) is 0 Å². The van der Waals surface area contributed by atoms with E-state index in [4.69, 9.17) is 43.7 Å². The normalized spacial score (nSPS) is 11.3. The molecule has 9 heteroatoms. The van der Waals surface area contributed by atoms with E-state index in [0.717, 1.165) is 0 Å². The molecule has 0 atom stereocenters. The Balaban J connectivity index is 2.83. The molecule has 0 saturated heterocycles. The number of ether oxygens (including phenoxy) is 1. The fourth-order valence-corrected chi connectivity index (χ4v) is 3.01. The van der Waals surface area contributed by atoms with E-state index in [0.29, 0.717) is 6.42 Å². The van der Waals surface area contributed by atoms with Crippen molar-refractivity contribution in [3.05, 3.63) is 22.2 Å². The average molecular weight is 348 g/mol. The van der Waals surface area contributed by atoms with Crippen LogP contribution in [-0.4, -0.2) is 26.1 Å². The molecular weight excluding hydrogens is 339 g/mol. The van der Waals surface area contributed by atoms with Gasteiger partial charge in [-0.15, -0.1) is 0 Å². The second-order valence-corrected chi connectivity index (χ2v) is 6.76. The van der Waals surface area contributed by atoms with Gasteiger partial charge in [0.2, 0.25) is 0 Å². The van der Waals surface area contributed by atoms with Crippen LogP contribution in [0.2, 0.25) is 10.0 Å². The van der Waals surface area contributed by atoms with Gasteiger partial charge in [-0.2, -0.15) is 0 Å². The number of benzene rings is 1. The van der Waals surface area contributed by atoms with Gasteiger partial charge in [0.15, 0.2) is 0 Å². The lowest BCUT2D eigenvalue weighted by molar-refractivity contribution is -0.137. The molecule has 0 radical (unpaired) electrons. The number of hydrogen-bond acceptors (Lipinski definition) is 4. The summed E-state index contributed by atoms with van der Waals surface area (Å²) in [5.41, 5.74) is 0. The van der Waals surface area contributed by atoms with Crippen LogP contribution in [0.4, 0.5) is 0 Å². The highest BCUT2D eigenvalue weighted by Crippen LogP contribution is 2.37. The van der Waals surface area contributed by atoms with E-state index in [-0.39, 0.29) is 33.7 Å². The molecular formula is C10H9Cl3O5S. The second kappa shape index (κ2) is 6.65. The maximum Gasteiger partial charge on any atom is 0.303 e. The van der Waals surface area contributed by atoms with Gasteiger partial charge < -0.3 is 9.84 Å². The van der Waals surface area contributed by atoms with Gasteiger partial charge in [-0.05, 0) is 18.6 Å². The molecule has 0 aliphatic heterocycles. The van der Waals surface area contributed by atoms with E-state index < -0.39 is 15.0 Å². The first-order valence-electron chi connectivity index (χ1n) is 5.00. The van der Waals surface area contributed by atoms with Gasteiger partial charge in [0, 0.05) is 17.1 Å². The van der Waals surface area contributed by atoms with Crippen LogP contribution < -0.4 is 4.74 Å². The van der Waals surface area contributed by atoms with Crippen molar-refractivity contribution in [2.45, 2.75) is 17.7 Å². The van der Waals surface area contributed by atoms with Crippen molar-refractivity contribution in [3.63, 3.8) is 0 Å². The predicted octanol–water partition coefficient (Wildman–Crippen LogP) is 3.16. The Bertz CT molecular complexity index is 585. The van der Waals surface area contributed by atoms with Crippen molar-refractivity contribution in [3.8, 4) is 5.75 Å². The minimum Gasteiger partial charge on any atom is -0.492 e. The predicted molar refractivity (Wildman–Crippen MR) is 71.9 cm³/mol. The summed E-state index contributed by atoms with van der Waals surface area (Å²) in [6, 6.07) is 2.48. The van der Waals surface area contributed by atoms with Crippen molar-refractivity contribution < 1.29 is 23.1 Å². The molecule has 1 rings (SSSR count). The van der Waals surface area contributed by atoms with Gasteiger partial charge in [0.05, 0.1) is 11.6 Å². The number of carboxylic acids is 1. The highest BCUT2D eigenvalue weighted by atomic mass is 35.7. The largest absolute Gasteiger partial charge is 0.492 e. The Morgan fingerprint density at radius 3 is 2.42 bits per heavy atom. The minimum absolute atomic E-state index is 0.0422. The third-order valence-electron chi connectivity index (χ3n) is 2.07. The molecule has 0 aromatic heterocycles. The van der Waals surface area contributed by atoms with Gasteiger partial charge in [-0.3, -0.25) is 4.79 Å². The zero-order valence-corrected chi connectivity index (χ0v) is 12.5. The molecule has 0 unspecified atom stereocenters. The summed E-state index contributed by atoms with van der Waals surface area (Å²) in [7, 11) is 1.19. The number of rotatable bonds is 6. The fourth-order valence-electron chi connectivity index (χ4n) is 1.22. The van der Waals surface area contributed by atoms with Crippen LogP contribution in [0.25, 0.3) is 0 Å². The zero-order chi connectivity index (χ0) is 14.6. The maximum absolute atomic E-state index is 11.2. The van der Waals surface area contributed by atoms with E-state index in [2.05, 4.69) is 0 Å². The summed E-state index contributed by atoms with van der Waals surface area (Å²) in [5, 5.41) is 8.14. The molecule has 0 spiro atoms. The molecule has 1 N–H and O–H groups in total. The number of aliphatic carboxylic acids is 1. The first kappa shape index (κ1) is 16.4. The molecule has 1 aromatic carbocycles. The highest BCUT2D eigenvalue weighted by Gasteiger charge is 2.19. The van der Waals surface area contributed by atoms with E-state index in [1.54, 1.807) is 0 Å². The summed E-state index contributed by atoms with van der Waals surface area (Å²) in [6.45, 7) is 0.120. The van der Waals surface area contributed by atoms with Crippen LogP contribution in [0.15, 0.2) is 17.0 Å². The van der Waals surface area contributed by atoms with Crippen LogP contribution >= 0.6 is 33.9 Å². The summed E-state index contributed by atoms with van der Waals surface area (Å²) >= 11 is 11.6. The molecule has 0 bridgehead atoms. The van der Waals surface area contributed by atoms with Gasteiger partial charge in [0.25, 0.3) is 9.05 Å². The number of halogens is 3. The first-order valence-corrected chi connectivity index (χ1v) is 8.07. The zero-order valence-electron chi connectivity index (χ0n) is 9.40. The van der Waals surface area contributed by atoms with Gasteiger partial charge >= 0.3 is 5.97 Å². The first-order chi connectivity index (χ1) is 8.73. The molecule has 0 amide bonds. The minimum atomic E-state index is -3.99. The summed E-state index contributed by atoms with van der Waals surface area (Å²) in [6.07, 6.45) is 0.248.